The van der Waals surface area contributed by atoms with Gasteiger partial charge in [-0.2, -0.15) is 0 Å². The molecule has 0 fully saturated rings. The van der Waals surface area contributed by atoms with Crippen LogP contribution in [0, 0.1) is 5.92 Å². The van der Waals surface area contributed by atoms with Crippen molar-refractivity contribution >= 4 is 0 Å². The number of rotatable bonds is 17. The van der Waals surface area contributed by atoms with Crippen molar-refractivity contribution in [2.24, 2.45) is 11.7 Å². The fourth-order valence-corrected chi connectivity index (χ4v) is 3.16. The standard InChI is InChI=1S/C21H45NO/c1-4-5-6-7-8-9-10-11-12-13-14-15-16-17-18-20(2)21(3,23)19-22/h20,23H,4-19,22H2,1-3H3. The SMILES string of the molecule is CCCCCCCCCCCCCCCCC(C)C(C)(O)CN. The molecule has 2 heteroatoms. The van der Waals surface area contributed by atoms with Crippen LogP contribution in [-0.4, -0.2) is 17.3 Å². The highest BCUT2D eigenvalue weighted by Gasteiger charge is 2.25. The summed E-state index contributed by atoms with van der Waals surface area (Å²) < 4.78 is 0. The Balaban J connectivity index is 3.19. The zero-order valence-corrected chi connectivity index (χ0v) is 16.4. The van der Waals surface area contributed by atoms with Crippen LogP contribution in [0.1, 0.15) is 117 Å². The third kappa shape index (κ3) is 14.0. The van der Waals surface area contributed by atoms with E-state index in [2.05, 4.69) is 13.8 Å². The average molecular weight is 328 g/mol. The van der Waals surface area contributed by atoms with Gasteiger partial charge in [0.05, 0.1) is 5.60 Å². The van der Waals surface area contributed by atoms with E-state index in [-0.39, 0.29) is 0 Å². The van der Waals surface area contributed by atoms with E-state index in [1.54, 1.807) is 0 Å². The Labute approximate surface area is 146 Å². The molecule has 0 rings (SSSR count). The van der Waals surface area contributed by atoms with Gasteiger partial charge >= 0.3 is 0 Å². The van der Waals surface area contributed by atoms with Gasteiger partial charge in [0.2, 0.25) is 0 Å². The van der Waals surface area contributed by atoms with E-state index >= 15 is 0 Å². The van der Waals surface area contributed by atoms with Gasteiger partial charge in [0.1, 0.15) is 0 Å². The molecule has 0 saturated heterocycles. The molecule has 0 aliphatic heterocycles. The quantitative estimate of drug-likeness (QED) is 0.312. The molecule has 0 radical (unpaired) electrons. The van der Waals surface area contributed by atoms with Crippen molar-refractivity contribution < 1.29 is 5.11 Å². The Morgan fingerprint density at radius 1 is 0.739 bits per heavy atom. The lowest BCUT2D eigenvalue weighted by molar-refractivity contribution is 0.0106. The normalized spacial score (nSPS) is 15.5. The molecule has 3 N–H and O–H groups in total. The summed E-state index contributed by atoms with van der Waals surface area (Å²) in [5, 5.41) is 10.1. The molecular formula is C21H45NO. The summed E-state index contributed by atoms with van der Waals surface area (Å²) in [5.41, 5.74) is 4.92. The van der Waals surface area contributed by atoms with E-state index in [0.29, 0.717) is 12.5 Å². The van der Waals surface area contributed by atoms with Crippen LogP contribution in [0.5, 0.6) is 0 Å². The summed E-state index contributed by atoms with van der Waals surface area (Å²) in [4.78, 5) is 0. The fraction of sp³-hybridized carbons (Fsp3) is 1.00. The highest BCUT2D eigenvalue weighted by molar-refractivity contribution is 4.79. The second-order valence-electron chi connectivity index (χ2n) is 7.85. The Morgan fingerprint density at radius 3 is 1.43 bits per heavy atom. The molecule has 2 atom stereocenters. The molecule has 0 aromatic heterocycles. The smallest absolute Gasteiger partial charge is 0.0766 e. The van der Waals surface area contributed by atoms with Crippen molar-refractivity contribution in [1.29, 1.82) is 0 Å². The van der Waals surface area contributed by atoms with E-state index in [9.17, 15) is 5.11 Å². The fourth-order valence-electron chi connectivity index (χ4n) is 3.16. The van der Waals surface area contributed by atoms with E-state index in [0.717, 1.165) is 6.42 Å². The lowest BCUT2D eigenvalue weighted by Gasteiger charge is -2.28. The maximum absolute atomic E-state index is 10.1. The van der Waals surface area contributed by atoms with Crippen LogP contribution in [0.3, 0.4) is 0 Å². The predicted octanol–water partition coefficient (Wildman–Crippen LogP) is 6.20. The van der Waals surface area contributed by atoms with Crippen molar-refractivity contribution in [3.63, 3.8) is 0 Å². The van der Waals surface area contributed by atoms with Gasteiger partial charge in [-0.1, -0.05) is 104 Å². The molecule has 0 bridgehead atoms. The summed E-state index contributed by atoms with van der Waals surface area (Å²) in [6.45, 7) is 6.63. The molecule has 0 saturated carbocycles. The van der Waals surface area contributed by atoms with Crippen molar-refractivity contribution in [2.75, 3.05) is 6.54 Å². The Hall–Kier alpha value is -0.0800. The van der Waals surface area contributed by atoms with Crippen LogP contribution in [0.2, 0.25) is 0 Å². The Morgan fingerprint density at radius 2 is 1.09 bits per heavy atom. The van der Waals surface area contributed by atoms with Crippen LogP contribution in [0.15, 0.2) is 0 Å². The van der Waals surface area contributed by atoms with E-state index in [4.69, 9.17) is 5.73 Å². The minimum atomic E-state index is -0.684. The van der Waals surface area contributed by atoms with E-state index < -0.39 is 5.60 Å². The largest absolute Gasteiger partial charge is 0.389 e. The lowest BCUT2D eigenvalue weighted by Crippen LogP contribution is -2.40. The number of nitrogens with two attached hydrogens (primary N) is 1. The van der Waals surface area contributed by atoms with Crippen LogP contribution in [0.25, 0.3) is 0 Å². The van der Waals surface area contributed by atoms with E-state index in [1.165, 1.54) is 89.9 Å². The van der Waals surface area contributed by atoms with Gasteiger partial charge in [-0.05, 0) is 19.3 Å². The molecule has 140 valence electrons. The molecule has 0 amide bonds. The van der Waals surface area contributed by atoms with Gasteiger partial charge in [-0.25, -0.2) is 0 Å². The third-order valence-corrected chi connectivity index (χ3v) is 5.47. The molecule has 0 aliphatic rings. The minimum Gasteiger partial charge on any atom is -0.389 e. The van der Waals surface area contributed by atoms with Crippen LogP contribution in [0.4, 0.5) is 0 Å². The summed E-state index contributed by atoms with van der Waals surface area (Å²) in [7, 11) is 0. The van der Waals surface area contributed by atoms with Crippen molar-refractivity contribution in [1.82, 2.24) is 0 Å². The summed E-state index contributed by atoms with van der Waals surface area (Å²) >= 11 is 0. The molecule has 2 unspecified atom stereocenters. The van der Waals surface area contributed by atoms with Crippen molar-refractivity contribution in [2.45, 2.75) is 123 Å². The molecule has 23 heavy (non-hydrogen) atoms. The maximum Gasteiger partial charge on any atom is 0.0766 e. The lowest BCUT2D eigenvalue weighted by atomic mass is 9.86. The van der Waals surface area contributed by atoms with Crippen molar-refractivity contribution in [3.8, 4) is 0 Å². The first kappa shape index (κ1) is 22.9. The van der Waals surface area contributed by atoms with Crippen molar-refractivity contribution in [3.05, 3.63) is 0 Å². The average Bonchev–Trinajstić information content (AvgIpc) is 2.54. The second kappa shape index (κ2) is 15.4. The van der Waals surface area contributed by atoms with Crippen LogP contribution in [-0.2, 0) is 0 Å². The van der Waals surface area contributed by atoms with Gasteiger partial charge in [-0.15, -0.1) is 0 Å². The predicted molar refractivity (Wildman–Crippen MR) is 104 cm³/mol. The van der Waals surface area contributed by atoms with Crippen LogP contribution < -0.4 is 5.73 Å². The van der Waals surface area contributed by atoms with Gasteiger partial charge in [0.25, 0.3) is 0 Å². The molecule has 0 aromatic rings. The molecule has 0 heterocycles. The number of hydrogen-bond donors (Lipinski definition) is 2. The zero-order chi connectivity index (χ0) is 17.4. The van der Waals surface area contributed by atoms with E-state index in [1.807, 2.05) is 6.92 Å². The zero-order valence-electron chi connectivity index (χ0n) is 16.4. The second-order valence-corrected chi connectivity index (χ2v) is 7.85. The summed E-state index contributed by atoms with van der Waals surface area (Å²) in [6.07, 6.45) is 20.6. The number of unbranched alkanes of at least 4 members (excludes halogenated alkanes) is 13. The monoisotopic (exact) mass is 327 g/mol. The molecule has 0 aliphatic carbocycles. The first-order valence-electron chi connectivity index (χ1n) is 10.5. The van der Waals surface area contributed by atoms with Gasteiger partial charge < -0.3 is 10.8 Å². The summed E-state index contributed by atoms with van der Waals surface area (Å²) in [5.74, 6) is 0.310. The molecule has 0 spiro atoms. The third-order valence-electron chi connectivity index (χ3n) is 5.47. The summed E-state index contributed by atoms with van der Waals surface area (Å²) in [6, 6.07) is 0. The number of hydrogen-bond acceptors (Lipinski definition) is 2. The van der Waals surface area contributed by atoms with Crippen LogP contribution >= 0.6 is 0 Å². The highest BCUT2D eigenvalue weighted by atomic mass is 16.3. The molecule has 0 aromatic carbocycles. The van der Waals surface area contributed by atoms with Gasteiger partial charge in [0.15, 0.2) is 0 Å². The highest BCUT2D eigenvalue weighted by Crippen LogP contribution is 2.22. The first-order chi connectivity index (χ1) is 11.0. The number of aliphatic hydroxyl groups is 1. The molecule has 2 nitrogen and oxygen atoms in total. The van der Waals surface area contributed by atoms with Gasteiger partial charge in [0, 0.05) is 6.54 Å². The maximum atomic E-state index is 10.1. The van der Waals surface area contributed by atoms with Gasteiger partial charge in [-0.3, -0.25) is 0 Å². The topological polar surface area (TPSA) is 46.2 Å². The Kier molecular flexibility index (Phi) is 15.4. The minimum absolute atomic E-state index is 0.310. The first-order valence-corrected chi connectivity index (χ1v) is 10.5. The Bertz CT molecular complexity index is 240. The molecular weight excluding hydrogens is 282 g/mol.